The van der Waals surface area contributed by atoms with E-state index in [0.29, 0.717) is 22.4 Å². The summed E-state index contributed by atoms with van der Waals surface area (Å²) in [5.74, 6) is -1.67. The summed E-state index contributed by atoms with van der Waals surface area (Å²) in [4.78, 5) is 25.9. The van der Waals surface area contributed by atoms with Gasteiger partial charge in [0.25, 0.3) is 5.91 Å². The second-order valence-corrected chi connectivity index (χ2v) is 10.5. The van der Waals surface area contributed by atoms with Crippen LogP contribution < -0.4 is 10.1 Å². The minimum absolute atomic E-state index is 0.0854. The van der Waals surface area contributed by atoms with Gasteiger partial charge in [-0.3, -0.25) is 4.79 Å². The largest absolute Gasteiger partial charge is 0.487 e. The minimum Gasteiger partial charge on any atom is -0.487 e. The highest BCUT2D eigenvalue weighted by atomic mass is 35.5. The van der Waals surface area contributed by atoms with Gasteiger partial charge in [-0.05, 0) is 48.6 Å². The number of carbonyl (C=O) groups excluding carboxylic acids is 1. The number of ether oxygens (including phenoxy) is 1. The normalized spacial score (nSPS) is 13.0. The van der Waals surface area contributed by atoms with Crippen LogP contribution in [0.2, 0.25) is 5.02 Å². The van der Waals surface area contributed by atoms with E-state index >= 15 is 0 Å². The highest BCUT2D eigenvalue weighted by molar-refractivity contribution is 7.19. The Kier molecular flexibility index (Phi) is 7.71. The molecule has 3 rings (SSSR count). The number of nitrogens with one attached hydrogen (secondary N) is 1. The van der Waals surface area contributed by atoms with Crippen LogP contribution >= 0.6 is 22.9 Å². The maximum atomic E-state index is 13.3. The fourth-order valence-corrected chi connectivity index (χ4v) is 4.84. The lowest BCUT2D eigenvalue weighted by Gasteiger charge is -2.31. The van der Waals surface area contributed by atoms with Gasteiger partial charge >= 0.3 is 12.1 Å². The molecule has 0 unspecified atom stereocenters. The molecule has 5 nitrogen and oxygen atoms in total. The molecular formula is C25H25ClF3NO4S. The van der Waals surface area contributed by atoms with Gasteiger partial charge < -0.3 is 15.2 Å². The minimum atomic E-state index is -4.45. The maximum absolute atomic E-state index is 13.3. The van der Waals surface area contributed by atoms with Crippen molar-refractivity contribution in [3.05, 3.63) is 63.0 Å². The lowest BCUT2D eigenvalue weighted by molar-refractivity contribution is -0.142. The fraction of sp³-hybridized carbons (Fsp3) is 0.360. The van der Waals surface area contributed by atoms with Gasteiger partial charge in [0.15, 0.2) is 0 Å². The monoisotopic (exact) mass is 527 g/mol. The number of thiophene rings is 1. The van der Waals surface area contributed by atoms with Gasteiger partial charge in [0, 0.05) is 9.58 Å². The number of hydrogen-bond donors (Lipinski definition) is 2. The third-order valence-corrected chi connectivity index (χ3v) is 7.69. The molecule has 0 saturated heterocycles. The molecule has 188 valence electrons. The predicted octanol–water partition coefficient (Wildman–Crippen LogP) is 7.08. The second-order valence-electron chi connectivity index (χ2n) is 8.86. The van der Waals surface area contributed by atoms with Gasteiger partial charge in [-0.25, -0.2) is 4.79 Å². The topological polar surface area (TPSA) is 75.6 Å². The molecule has 0 radical (unpaired) electrons. The SMILES string of the molecule is CCC(C)(C)[C@H](NC(=O)c1ccc2sc(C)c(Cl)c2c1OCc1ccc(C(F)(F)F)cc1)C(=O)O. The third-order valence-electron chi connectivity index (χ3n) is 6.04. The lowest BCUT2D eigenvalue weighted by atomic mass is 9.81. The molecule has 1 aromatic heterocycles. The van der Waals surface area contributed by atoms with Gasteiger partial charge in [-0.15, -0.1) is 11.3 Å². The number of hydrogen-bond acceptors (Lipinski definition) is 4. The van der Waals surface area contributed by atoms with Crippen molar-refractivity contribution in [3.63, 3.8) is 0 Å². The maximum Gasteiger partial charge on any atom is 0.416 e. The molecule has 0 aliphatic carbocycles. The number of fused-ring (bicyclic) bond motifs is 1. The Morgan fingerprint density at radius 1 is 1.14 bits per heavy atom. The number of aryl methyl sites for hydroxylation is 1. The van der Waals surface area contributed by atoms with E-state index in [4.69, 9.17) is 16.3 Å². The molecule has 1 atom stereocenters. The Labute approximate surface area is 209 Å². The quantitative estimate of drug-likeness (QED) is 0.328. The zero-order valence-electron chi connectivity index (χ0n) is 19.5. The third kappa shape index (κ3) is 5.73. The molecule has 2 aromatic carbocycles. The summed E-state index contributed by atoms with van der Waals surface area (Å²) in [6.07, 6.45) is -3.94. The molecule has 0 fully saturated rings. The van der Waals surface area contributed by atoms with E-state index in [0.717, 1.165) is 21.7 Å². The van der Waals surface area contributed by atoms with Crippen molar-refractivity contribution in [3.8, 4) is 5.75 Å². The molecule has 10 heteroatoms. The van der Waals surface area contributed by atoms with E-state index < -0.39 is 35.1 Å². The van der Waals surface area contributed by atoms with Crippen molar-refractivity contribution < 1.29 is 32.6 Å². The zero-order chi connectivity index (χ0) is 26.1. The van der Waals surface area contributed by atoms with Gasteiger partial charge in [-0.2, -0.15) is 13.2 Å². The Bertz CT molecular complexity index is 1250. The highest BCUT2D eigenvalue weighted by Gasteiger charge is 2.36. The van der Waals surface area contributed by atoms with E-state index in [1.807, 2.05) is 13.8 Å². The van der Waals surface area contributed by atoms with E-state index in [2.05, 4.69) is 5.32 Å². The van der Waals surface area contributed by atoms with Crippen LogP contribution in [-0.2, 0) is 17.6 Å². The van der Waals surface area contributed by atoms with Crippen molar-refractivity contribution in [2.75, 3.05) is 0 Å². The fourth-order valence-electron chi connectivity index (χ4n) is 3.52. The zero-order valence-corrected chi connectivity index (χ0v) is 21.1. The van der Waals surface area contributed by atoms with E-state index in [1.54, 1.807) is 19.9 Å². The Morgan fingerprint density at radius 2 is 1.77 bits per heavy atom. The number of carboxylic acid groups (broad SMARTS) is 1. The predicted molar refractivity (Wildman–Crippen MR) is 130 cm³/mol. The molecule has 2 N–H and O–H groups in total. The summed E-state index contributed by atoms with van der Waals surface area (Å²) in [7, 11) is 0. The number of carboxylic acids is 1. The molecule has 0 bridgehead atoms. The Balaban J connectivity index is 1.99. The van der Waals surface area contributed by atoms with E-state index in [9.17, 15) is 27.9 Å². The average Bonchev–Trinajstić information content (AvgIpc) is 3.08. The van der Waals surface area contributed by atoms with Gasteiger partial charge in [0.05, 0.1) is 21.5 Å². The van der Waals surface area contributed by atoms with Crippen LogP contribution in [0.25, 0.3) is 10.1 Å². The van der Waals surface area contributed by atoms with Crippen LogP contribution in [0, 0.1) is 12.3 Å². The lowest BCUT2D eigenvalue weighted by Crippen LogP contribution is -2.50. The summed E-state index contributed by atoms with van der Waals surface area (Å²) < 4.78 is 45.3. The molecule has 0 aliphatic rings. The number of halogens is 4. The van der Waals surface area contributed by atoms with Crippen molar-refractivity contribution in [2.45, 2.75) is 52.9 Å². The number of carbonyl (C=O) groups is 2. The molecule has 1 heterocycles. The summed E-state index contributed by atoms with van der Waals surface area (Å²) in [5.41, 5.74) is -0.955. The van der Waals surface area contributed by atoms with Crippen LogP contribution in [0.1, 0.15) is 53.6 Å². The van der Waals surface area contributed by atoms with Crippen LogP contribution in [0.4, 0.5) is 13.2 Å². The van der Waals surface area contributed by atoms with Crippen molar-refractivity contribution in [2.24, 2.45) is 5.41 Å². The number of benzene rings is 2. The van der Waals surface area contributed by atoms with Crippen LogP contribution in [0.5, 0.6) is 5.75 Å². The average molecular weight is 528 g/mol. The van der Waals surface area contributed by atoms with Gasteiger partial charge in [0.1, 0.15) is 18.4 Å². The van der Waals surface area contributed by atoms with Crippen LogP contribution in [0.3, 0.4) is 0 Å². The van der Waals surface area contributed by atoms with Crippen molar-refractivity contribution >= 4 is 44.9 Å². The van der Waals surface area contributed by atoms with Crippen molar-refractivity contribution in [1.29, 1.82) is 0 Å². The smallest absolute Gasteiger partial charge is 0.416 e. The first-order valence-corrected chi connectivity index (χ1v) is 12.0. The van der Waals surface area contributed by atoms with Crippen LogP contribution in [-0.4, -0.2) is 23.0 Å². The first kappa shape index (κ1) is 26.8. The van der Waals surface area contributed by atoms with Gasteiger partial charge in [-0.1, -0.05) is 44.5 Å². The molecule has 35 heavy (non-hydrogen) atoms. The molecule has 0 aliphatic heterocycles. The molecular weight excluding hydrogens is 503 g/mol. The summed E-state index contributed by atoms with van der Waals surface area (Å²) in [6.45, 7) is 7.02. The molecule has 3 aromatic rings. The summed E-state index contributed by atoms with van der Waals surface area (Å²) in [6, 6.07) is 6.60. The standard InChI is InChI=1S/C25H25ClF3NO4S/c1-5-24(3,4)21(23(32)33)30-22(31)16-10-11-17-18(19(26)13(2)35-17)20(16)34-12-14-6-8-15(9-7-14)25(27,28)29/h6-11,21H,5,12H2,1-4H3,(H,30,31)(H,32,33)/t21-/m1/s1. The Hall–Kier alpha value is -2.78. The first-order chi connectivity index (χ1) is 16.3. The highest BCUT2D eigenvalue weighted by Crippen LogP contribution is 2.43. The molecule has 0 spiro atoms. The van der Waals surface area contributed by atoms with Crippen LogP contribution in [0.15, 0.2) is 36.4 Å². The molecule has 1 amide bonds. The van der Waals surface area contributed by atoms with E-state index in [-0.39, 0.29) is 17.9 Å². The number of amides is 1. The molecule has 0 saturated carbocycles. The van der Waals surface area contributed by atoms with Crippen molar-refractivity contribution in [1.82, 2.24) is 5.32 Å². The number of rotatable bonds is 8. The Morgan fingerprint density at radius 3 is 2.31 bits per heavy atom. The van der Waals surface area contributed by atoms with E-state index in [1.165, 1.54) is 29.5 Å². The number of aliphatic carboxylic acids is 1. The van der Waals surface area contributed by atoms with Gasteiger partial charge in [0.2, 0.25) is 0 Å². The number of alkyl halides is 3. The summed E-state index contributed by atoms with van der Waals surface area (Å²) in [5, 5.41) is 13.2. The summed E-state index contributed by atoms with van der Waals surface area (Å²) >= 11 is 7.91. The first-order valence-electron chi connectivity index (χ1n) is 10.8. The second kappa shape index (κ2) is 10.1.